The van der Waals surface area contributed by atoms with Gasteiger partial charge in [-0.25, -0.2) is 0 Å². The topological polar surface area (TPSA) is 69.3 Å². The minimum absolute atomic E-state index is 0.0361. The summed E-state index contributed by atoms with van der Waals surface area (Å²) in [4.78, 5) is 31.5. The zero-order valence-electron chi connectivity index (χ0n) is 20.4. The number of aromatic nitrogens is 1. The summed E-state index contributed by atoms with van der Waals surface area (Å²) in [6.45, 7) is 8.37. The molecule has 1 aromatic rings. The first-order chi connectivity index (χ1) is 16.4. The number of thioether (sulfide) groups is 1. The number of piperidine rings is 1. The quantitative estimate of drug-likeness (QED) is 0.410. The number of rotatable bonds is 5. The van der Waals surface area contributed by atoms with E-state index in [0.717, 1.165) is 63.0 Å². The molecular weight excluding hydrogens is 464 g/mol. The van der Waals surface area contributed by atoms with Crippen molar-refractivity contribution in [2.45, 2.75) is 84.7 Å². The molecule has 6 nitrogen and oxygen atoms in total. The smallest absolute Gasteiger partial charge is 0.270 e. The van der Waals surface area contributed by atoms with Crippen molar-refractivity contribution >= 4 is 46.1 Å². The van der Waals surface area contributed by atoms with Crippen LogP contribution in [0.5, 0.6) is 0 Å². The van der Waals surface area contributed by atoms with Crippen LogP contribution in [0.2, 0.25) is 0 Å². The van der Waals surface area contributed by atoms with Gasteiger partial charge in [-0.1, -0.05) is 57.1 Å². The van der Waals surface area contributed by atoms with Crippen LogP contribution in [0.3, 0.4) is 0 Å². The standard InChI is InChI=1S/C26H34N4O2S2/c1-4-12-29-23(28-13-8-9-17(2)16-28)20(18(3)21(15-27)24(29)31)14-22-25(32)30(26(33)34-22)19-10-6-5-7-11-19/h14,17,19H,4-13,16H2,1-3H3/b22-14+. The van der Waals surface area contributed by atoms with Crippen molar-refractivity contribution in [2.24, 2.45) is 5.92 Å². The molecule has 3 aliphatic rings. The van der Waals surface area contributed by atoms with Gasteiger partial charge in [0, 0.05) is 31.2 Å². The summed E-state index contributed by atoms with van der Waals surface area (Å²) in [5.41, 5.74) is 1.39. The van der Waals surface area contributed by atoms with E-state index < -0.39 is 0 Å². The lowest BCUT2D eigenvalue weighted by Gasteiger charge is -2.36. The van der Waals surface area contributed by atoms with Gasteiger partial charge in [0.2, 0.25) is 0 Å². The summed E-state index contributed by atoms with van der Waals surface area (Å²) in [6, 6.07) is 2.32. The number of pyridine rings is 1. The van der Waals surface area contributed by atoms with E-state index in [4.69, 9.17) is 12.2 Å². The third-order valence-electron chi connectivity index (χ3n) is 7.29. The van der Waals surface area contributed by atoms with E-state index in [-0.39, 0.29) is 23.1 Å². The molecule has 3 heterocycles. The van der Waals surface area contributed by atoms with E-state index in [9.17, 15) is 14.9 Å². The van der Waals surface area contributed by atoms with E-state index >= 15 is 0 Å². The molecule has 0 bridgehead atoms. The Morgan fingerprint density at radius 2 is 1.91 bits per heavy atom. The lowest BCUT2D eigenvalue weighted by molar-refractivity contribution is -0.124. The molecule has 8 heteroatoms. The van der Waals surface area contributed by atoms with Crippen LogP contribution in [0, 0.1) is 24.2 Å². The number of amides is 1. The summed E-state index contributed by atoms with van der Waals surface area (Å²) in [7, 11) is 0. The predicted molar refractivity (Wildman–Crippen MR) is 143 cm³/mol. The number of anilines is 1. The highest BCUT2D eigenvalue weighted by atomic mass is 32.2. The summed E-state index contributed by atoms with van der Waals surface area (Å²) in [5, 5.41) is 9.83. The third kappa shape index (κ3) is 4.70. The van der Waals surface area contributed by atoms with Gasteiger partial charge in [-0.15, -0.1) is 0 Å². The Morgan fingerprint density at radius 1 is 1.18 bits per heavy atom. The zero-order valence-corrected chi connectivity index (χ0v) is 22.1. The molecule has 0 aromatic carbocycles. The maximum atomic E-state index is 13.5. The van der Waals surface area contributed by atoms with E-state index in [2.05, 4.69) is 17.9 Å². The van der Waals surface area contributed by atoms with Gasteiger partial charge in [0.1, 0.15) is 21.8 Å². The lowest BCUT2D eigenvalue weighted by atomic mass is 9.94. The Balaban J connectivity index is 1.85. The number of nitriles is 1. The van der Waals surface area contributed by atoms with E-state index in [1.807, 2.05) is 24.8 Å². The third-order valence-corrected chi connectivity index (χ3v) is 8.62. The second kappa shape index (κ2) is 10.7. The van der Waals surface area contributed by atoms with Gasteiger partial charge in [0.25, 0.3) is 11.5 Å². The van der Waals surface area contributed by atoms with Crippen LogP contribution < -0.4 is 10.5 Å². The maximum Gasteiger partial charge on any atom is 0.270 e. The molecule has 2 saturated heterocycles. The highest BCUT2D eigenvalue weighted by Crippen LogP contribution is 2.39. The van der Waals surface area contributed by atoms with Crippen molar-refractivity contribution in [1.82, 2.24) is 9.47 Å². The first kappa shape index (κ1) is 25.0. The number of nitrogens with zero attached hydrogens (tertiary/aromatic N) is 4. The van der Waals surface area contributed by atoms with Gasteiger partial charge in [-0.2, -0.15) is 5.26 Å². The van der Waals surface area contributed by atoms with E-state index in [1.165, 1.54) is 24.6 Å². The average Bonchev–Trinajstić information content (AvgIpc) is 3.10. The molecule has 182 valence electrons. The van der Waals surface area contributed by atoms with Gasteiger partial charge in [0.05, 0.1) is 4.91 Å². The van der Waals surface area contributed by atoms with Crippen LogP contribution in [-0.4, -0.2) is 38.8 Å². The van der Waals surface area contributed by atoms with Crippen LogP contribution >= 0.6 is 24.0 Å². The molecule has 4 rings (SSSR count). The molecule has 1 atom stereocenters. The fourth-order valence-corrected chi connectivity index (χ4v) is 6.94. The molecule has 1 unspecified atom stereocenters. The predicted octanol–water partition coefficient (Wildman–Crippen LogP) is 5.21. The second-order valence-electron chi connectivity index (χ2n) is 9.84. The molecule has 0 N–H and O–H groups in total. The monoisotopic (exact) mass is 498 g/mol. The van der Waals surface area contributed by atoms with Gasteiger partial charge in [-0.05, 0) is 56.6 Å². The van der Waals surface area contributed by atoms with Crippen molar-refractivity contribution in [3.8, 4) is 6.07 Å². The molecular formula is C26H34N4O2S2. The van der Waals surface area contributed by atoms with Crippen molar-refractivity contribution in [1.29, 1.82) is 5.26 Å². The summed E-state index contributed by atoms with van der Waals surface area (Å²) < 4.78 is 2.38. The van der Waals surface area contributed by atoms with Gasteiger partial charge in [0.15, 0.2) is 0 Å². The fraction of sp³-hybridized carbons (Fsp3) is 0.615. The van der Waals surface area contributed by atoms with Crippen LogP contribution in [0.4, 0.5) is 5.82 Å². The molecule has 1 aromatic heterocycles. The number of carbonyl (C=O) groups excluding carboxylic acids is 1. The molecule has 2 aliphatic heterocycles. The Hall–Kier alpha value is -2.11. The summed E-state index contributed by atoms with van der Waals surface area (Å²) in [5.74, 6) is 1.33. The molecule has 1 aliphatic carbocycles. The van der Waals surface area contributed by atoms with Crippen LogP contribution in [0.1, 0.15) is 81.9 Å². The summed E-state index contributed by atoms with van der Waals surface area (Å²) >= 11 is 7.00. The van der Waals surface area contributed by atoms with E-state index in [0.29, 0.717) is 27.3 Å². The highest BCUT2D eigenvalue weighted by molar-refractivity contribution is 8.26. The van der Waals surface area contributed by atoms with Gasteiger partial charge in [-0.3, -0.25) is 19.1 Å². The van der Waals surface area contributed by atoms with Gasteiger partial charge >= 0.3 is 0 Å². The van der Waals surface area contributed by atoms with Crippen molar-refractivity contribution in [2.75, 3.05) is 18.0 Å². The minimum atomic E-state index is -0.234. The molecule has 0 radical (unpaired) electrons. The Labute approximate surface area is 212 Å². The lowest BCUT2D eigenvalue weighted by Crippen LogP contribution is -2.40. The molecule has 1 saturated carbocycles. The molecule has 0 spiro atoms. The summed E-state index contributed by atoms with van der Waals surface area (Å²) in [6.07, 6.45) is 10.4. The average molecular weight is 499 g/mol. The second-order valence-corrected chi connectivity index (χ2v) is 11.5. The normalized spacial score (nSPS) is 23.1. The number of hydrogen-bond acceptors (Lipinski definition) is 6. The molecule has 34 heavy (non-hydrogen) atoms. The Bertz CT molecular complexity index is 1110. The molecule has 1 amide bonds. The highest BCUT2D eigenvalue weighted by Gasteiger charge is 2.38. The van der Waals surface area contributed by atoms with Crippen LogP contribution in [0.25, 0.3) is 6.08 Å². The van der Waals surface area contributed by atoms with Crippen molar-refractivity contribution in [3.63, 3.8) is 0 Å². The molecule has 3 fully saturated rings. The van der Waals surface area contributed by atoms with Crippen molar-refractivity contribution < 1.29 is 4.79 Å². The first-order valence-corrected chi connectivity index (χ1v) is 13.8. The van der Waals surface area contributed by atoms with Gasteiger partial charge < -0.3 is 4.90 Å². The van der Waals surface area contributed by atoms with Crippen molar-refractivity contribution in [3.05, 3.63) is 31.9 Å². The Morgan fingerprint density at radius 3 is 2.56 bits per heavy atom. The zero-order chi connectivity index (χ0) is 24.4. The minimum Gasteiger partial charge on any atom is -0.357 e. The SMILES string of the molecule is CCCn1c(N2CCCC(C)C2)c(/C=C2/SC(=S)N(C3CCCCC3)C2=O)c(C)c(C#N)c1=O. The number of hydrogen-bond donors (Lipinski definition) is 0. The van der Waals surface area contributed by atoms with Crippen LogP contribution in [0.15, 0.2) is 9.70 Å². The largest absolute Gasteiger partial charge is 0.357 e. The number of carbonyl (C=O) groups is 1. The fourth-order valence-electron chi connectivity index (χ4n) is 5.56. The Kier molecular flexibility index (Phi) is 7.83. The van der Waals surface area contributed by atoms with E-state index in [1.54, 1.807) is 4.57 Å². The maximum absolute atomic E-state index is 13.5. The number of thiocarbonyl (C=S) groups is 1. The first-order valence-electron chi connectivity index (χ1n) is 12.6. The van der Waals surface area contributed by atoms with Crippen LogP contribution in [-0.2, 0) is 11.3 Å².